The summed E-state index contributed by atoms with van der Waals surface area (Å²) in [5, 5.41) is 2.89. The Bertz CT molecular complexity index is 193. The first-order chi connectivity index (χ1) is 7.24. The van der Waals surface area contributed by atoms with E-state index in [-0.39, 0.29) is 6.03 Å². The molecular formula is C10H21N3O2. The predicted molar refractivity (Wildman–Crippen MR) is 59.0 cm³/mol. The third kappa shape index (κ3) is 4.48. The van der Waals surface area contributed by atoms with Crippen LogP contribution >= 0.6 is 0 Å². The summed E-state index contributed by atoms with van der Waals surface area (Å²) >= 11 is 0. The molecule has 0 spiro atoms. The van der Waals surface area contributed by atoms with E-state index in [1.54, 1.807) is 11.9 Å². The monoisotopic (exact) mass is 215 g/mol. The van der Waals surface area contributed by atoms with Crippen molar-refractivity contribution in [3.05, 3.63) is 0 Å². The number of carbonyl (C=O) groups excluding carboxylic acids is 1. The topological polar surface area (TPSA) is 44.8 Å². The van der Waals surface area contributed by atoms with Gasteiger partial charge in [0.2, 0.25) is 0 Å². The first kappa shape index (κ1) is 12.3. The zero-order chi connectivity index (χ0) is 11.1. The first-order valence-corrected chi connectivity index (χ1v) is 5.53. The third-order valence-corrected chi connectivity index (χ3v) is 2.63. The van der Waals surface area contributed by atoms with Crippen LogP contribution in [0.25, 0.3) is 0 Å². The van der Waals surface area contributed by atoms with Crippen LogP contribution in [0.2, 0.25) is 0 Å². The highest BCUT2D eigenvalue weighted by molar-refractivity contribution is 5.73. The Morgan fingerprint density at radius 1 is 1.47 bits per heavy atom. The summed E-state index contributed by atoms with van der Waals surface area (Å²) in [4.78, 5) is 15.4. The molecule has 0 unspecified atom stereocenters. The lowest BCUT2D eigenvalue weighted by molar-refractivity contribution is 0.0386. The molecule has 1 aliphatic heterocycles. The molecule has 0 saturated carbocycles. The van der Waals surface area contributed by atoms with Crippen LogP contribution in [0.5, 0.6) is 0 Å². The molecule has 1 heterocycles. The van der Waals surface area contributed by atoms with Gasteiger partial charge >= 0.3 is 6.03 Å². The van der Waals surface area contributed by atoms with E-state index < -0.39 is 0 Å². The largest absolute Gasteiger partial charge is 0.379 e. The maximum atomic E-state index is 11.4. The van der Waals surface area contributed by atoms with Crippen molar-refractivity contribution in [3.8, 4) is 0 Å². The molecule has 1 N–H and O–H groups in total. The van der Waals surface area contributed by atoms with Crippen LogP contribution in [0.15, 0.2) is 0 Å². The summed E-state index contributed by atoms with van der Waals surface area (Å²) < 4.78 is 5.25. The van der Waals surface area contributed by atoms with Crippen molar-refractivity contribution in [2.75, 3.05) is 53.0 Å². The number of ether oxygens (including phenoxy) is 1. The zero-order valence-corrected chi connectivity index (χ0v) is 9.66. The second kappa shape index (κ2) is 6.63. The molecule has 1 rings (SSSR count). The zero-order valence-electron chi connectivity index (χ0n) is 9.66. The van der Waals surface area contributed by atoms with Crippen LogP contribution in [-0.4, -0.2) is 68.8 Å². The van der Waals surface area contributed by atoms with Gasteiger partial charge in [0.25, 0.3) is 0 Å². The number of urea groups is 1. The average Bonchev–Trinajstić information content (AvgIpc) is 2.29. The fourth-order valence-corrected chi connectivity index (χ4v) is 1.42. The number of nitrogens with zero attached hydrogens (tertiary/aromatic N) is 2. The SMILES string of the molecule is CCN(C)C(=O)NCCN1CCOCC1. The van der Waals surface area contributed by atoms with Crippen LogP contribution < -0.4 is 5.32 Å². The molecule has 5 heteroatoms. The van der Waals surface area contributed by atoms with E-state index in [0.29, 0.717) is 6.54 Å². The molecule has 5 nitrogen and oxygen atoms in total. The number of hydrogen-bond acceptors (Lipinski definition) is 3. The summed E-state index contributed by atoms with van der Waals surface area (Å²) in [6, 6.07) is 0.00533. The minimum atomic E-state index is 0.00533. The van der Waals surface area contributed by atoms with Gasteiger partial charge in [-0.15, -0.1) is 0 Å². The molecule has 0 atom stereocenters. The maximum absolute atomic E-state index is 11.4. The number of rotatable bonds is 4. The van der Waals surface area contributed by atoms with Crippen molar-refractivity contribution in [1.82, 2.24) is 15.1 Å². The van der Waals surface area contributed by atoms with Crippen molar-refractivity contribution < 1.29 is 9.53 Å². The Morgan fingerprint density at radius 2 is 2.13 bits per heavy atom. The molecule has 0 bridgehead atoms. The van der Waals surface area contributed by atoms with Gasteiger partial charge in [-0.25, -0.2) is 4.79 Å². The van der Waals surface area contributed by atoms with Crippen molar-refractivity contribution in [3.63, 3.8) is 0 Å². The number of carbonyl (C=O) groups is 1. The van der Waals surface area contributed by atoms with Gasteiger partial charge in [-0.05, 0) is 6.92 Å². The van der Waals surface area contributed by atoms with E-state index in [1.165, 1.54) is 0 Å². The van der Waals surface area contributed by atoms with Crippen molar-refractivity contribution in [2.24, 2.45) is 0 Å². The summed E-state index contributed by atoms with van der Waals surface area (Å²) in [6.07, 6.45) is 0. The van der Waals surface area contributed by atoms with E-state index in [4.69, 9.17) is 4.74 Å². The highest BCUT2D eigenvalue weighted by atomic mass is 16.5. The number of nitrogens with one attached hydrogen (secondary N) is 1. The minimum absolute atomic E-state index is 0.00533. The van der Waals surface area contributed by atoms with E-state index in [1.807, 2.05) is 6.92 Å². The second-order valence-corrected chi connectivity index (χ2v) is 3.70. The highest BCUT2D eigenvalue weighted by Gasteiger charge is 2.10. The molecule has 1 fully saturated rings. The van der Waals surface area contributed by atoms with E-state index in [2.05, 4.69) is 10.2 Å². The number of hydrogen-bond donors (Lipinski definition) is 1. The highest BCUT2D eigenvalue weighted by Crippen LogP contribution is 1.94. The van der Waals surface area contributed by atoms with Crippen molar-refractivity contribution in [2.45, 2.75) is 6.92 Å². The summed E-state index contributed by atoms with van der Waals surface area (Å²) in [6.45, 7) is 7.88. The van der Waals surface area contributed by atoms with Gasteiger partial charge in [0.15, 0.2) is 0 Å². The molecular weight excluding hydrogens is 194 g/mol. The molecule has 88 valence electrons. The van der Waals surface area contributed by atoms with E-state index in [0.717, 1.165) is 39.4 Å². The fourth-order valence-electron chi connectivity index (χ4n) is 1.42. The summed E-state index contributed by atoms with van der Waals surface area (Å²) in [5.41, 5.74) is 0. The summed E-state index contributed by atoms with van der Waals surface area (Å²) in [5.74, 6) is 0. The Kier molecular flexibility index (Phi) is 5.42. The third-order valence-electron chi connectivity index (χ3n) is 2.63. The Hall–Kier alpha value is -0.810. The Balaban J connectivity index is 2.07. The van der Waals surface area contributed by atoms with Gasteiger partial charge in [0, 0.05) is 39.8 Å². The van der Waals surface area contributed by atoms with Gasteiger partial charge < -0.3 is 15.0 Å². The van der Waals surface area contributed by atoms with Crippen molar-refractivity contribution in [1.29, 1.82) is 0 Å². The molecule has 0 radical (unpaired) electrons. The standard InChI is InChI=1S/C10H21N3O2/c1-3-12(2)10(14)11-4-5-13-6-8-15-9-7-13/h3-9H2,1-2H3,(H,11,14). The normalized spacial score (nSPS) is 17.5. The van der Waals surface area contributed by atoms with Gasteiger partial charge in [-0.1, -0.05) is 0 Å². The van der Waals surface area contributed by atoms with Gasteiger partial charge in [-0.3, -0.25) is 4.90 Å². The van der Waals surface area contributed by atoms with Gasteiger partial charge in [-0.2, -0.15) is 0 Å². The molecule has 2 amide bonds. The molecule has 0 aliphatic carbocycles. The van der Waals surface area contributed by atoms with E-state index in [9.17, 15) is 4.79 Å². The lowest BCUT2D eigenvalue weighted by Gasteiger charge is -2.26. The van der Waals surface area contributed by atoms with Crippen molar-refractivity contribution >= 4 is 6.03 Å². The second-order valence-electron chi connectivity index (χ2n) is 3.70. The Labute approximate surface area is 91.4 Å². The molecule has 0 aromatic carbocycles. The molecule has 1 aliphatic rings. The quantitative estimate of drug-likeness (QED) is 0.717. The van der Waals surface area contributed by atoms with Crippen LogP contribution in [0.1, 0.15) is 6.92 Å². The van der Waals surface area contributed by atoms with Gasteiger partial charge in [0.05, 0.1) is 13.2 Å². The fraction of sp³-hybridized carbons (Fsp3) is 0.900. The predicted octanol–water partition coefficient (Wildman–Crippen LogP) is -0.0201. The van der Waals surface area contributed by atoms with E-state index >= 15 is 0 Å². The lowest BCUT2D eigenvalue weighted by Crippen LogP contribution is -2.44. The molecule has 15 heavy (non-hydrogen) atoms. The summed E-state index contributed by atoms with van der Waals surface area (Å²) in [7, 11) is 1.80. The Morgan fingerprint density at radius 3 is 2.73 bits per heavy atom. The smallest absolute Gasteiger partial charge is 0.317 e. The number of amides is 2. The minimum Gasteiger partial charge on any atom is -0.379 e. The molecule has 0 aromatic rings. The number of morpholine rings is 1. The molecule has 0 aromatic heterocycles. The maximum Gasteiger partial charge on any atom is 0.317 e. The molecule has 1 saturated heterocycles. The van der Waals surface area contributed by atoms with Crippen LogP contribution in [0.3, 0.4) is 0 Å². The van der Waals surface area contributed by atoms with Crippen LogP contribution in [-0.2, 0) is 4.74 Å². The van der Waals surface area contributed by atoms with Crippen LogP contribution in [0.4, 0.5) is 4.79 Å². The lowest BCUT2D eigenvalue weighted by atomic mass is 10.4. The first-order valence-electron chi connectivity index (χ1n) is 5.53. The van der Waals surface area contributed by atoms with Gasteiger partial charge in [0.1, 0.15) is 0 Å². The van der Waals surface area contributed by atoms with Crippen LogP contribution in [0, 0.1) is 0 Å². The average molecular weight is 215 g/mol.